The highest BCUT2D eigenvalue weighted by atomic mass is 16.6. The van der Waals surface area contributed by atoms with Crippen molar-refractivity contribution in [3.8, 4) is 11.5 Å². The molecule has 0 saturated carbocycles. The first-order valence-corrected chi connectivity index (χ1v) is 7.98. The topological polar surface area (TPSA) is 78.7 Å². The fourth-order valence-corrected chi connectivity index (χ4v) is 2.93. The Morgan fingerprint density at radius 2 is 1.92 bits per heavy atom. The van der Waals surface area contributed by atoms with Gasteiger partial charge in [-0.25, -0.2) is 0 Å². The minimum Gasteiger partial charge on any atom is -0.489 e. The molecule has 2 aromatic rings. The average molecular weight is 341 g/mol. The Morgan fingerprint density at radius 1 is 1.24 bits per heavy atom. The highest BCUT2D eigenvalue weighted by molar-refractivity contribution is 6.01. The number of benzene rings is 2. The second kappa shape index (κ2) is 6.20. The minimum absolute atomic E-state index is 0.0440. The highest BCUT2D eigenvalue weighted by Crippen LogP contribution is 2.37. The van der Waals surface area contributed by atoms with Crippen LogP contribution < -0.4 is 9.47 Å². The Morgan fingerprint density at radius 3 is 2.56 bits per heavy atom. The summed E-state index contributed by atoms with van der Waals surface area (Å²) < 4.78 is 11.7. The highest BCUT2D eigenvalue weighted by Gasteiger charge is 2.33. The Bertz CT molecular complexity index is 840. The van der Waals surface area contributed by atoms with E-state index in [0.717, 1.165) is 11.1 Å². The first kappa shape index (κ1) is 17.0. The molecular weight excluding hydrogens is 322 g/mol. The molecular formula is C19H19NO5. The van der Waals surface area contributed by atoms with Gasteiger partial charge in [0.2, 0.25) is 0 Å². The molecule has 0 spiro atoms. The summed E-state index contributed by atoms with van der Waals surface area (Å²) in [7, 11) is 0. The van der Waals surface area contributed by atoms with Crippen molar-refractivity contribution in [2.75, 3.05) is 0 Å². The second-order valence-corrected chi connectivity index (χ2v) is 6.79. The number of nitro groups is 1. The zero-order chi connectivity index (χ0) is 18.2. The van der Waals surface area contributed by atoms with E-state index in [2.05, 4.69) is 0 Å². The van der Waals surface area contributed by atoms with E-state index in [1.807, 2.05) is 26.8 Å². The Labute approximate surface area is 145 Å². The zero-order valence-electron chi connectivity index (χ0n) is 14.4. The number of ketones is 1. The molecule has 6 heteroatoms. The molecule has 1 heterocycles. The lowest BCUT2D eigenvalue weighted by Gasteiger charge is -2.32. The van der Waals surface area contributed by atoms with Gasteiger partial charge < -0.3 is 9.47 Å². The van der Waals surface area contributed by atoms with E-state index in [0.29, 0.717) is 23.5 Å². The maximum atomic E-state index is 12.3. The molecule has 0 atom stereocenters. The van der Waals surface area contributed by atoms with Crippen LogP contribution in [-0.2, 0) is 6.61 Å². The lowest BCUT2D eigenvalue weighted by Crippen LogP contribution is -2.36. The van der Waals surface area contributed by atoms with Crippen LogP contribution in [0.15, 0.2) is 36.4 Å². The van der Waals surface area contributed by atoms with Gasteiger partial charge in [-0.1, -0.05) is 0 Å². The molecule has 6 nitrogen and oxygen atoms in total. The number of hydrogen-bond donors (Lipinski definition) is 0. The second-order valence-electron chi connectivity index (χ2n) is 6.79. The molecule has 0 unspecified atom stereocenters. The molecule has 0 radical (unpaired) electrons. The molecule has 1 aliphatic rings. The number of carbonyl (C=O) groups excluding carboxylic acids is 1. The van der Waals surface area contributed by atoms with E-state index in [4.69, 9.17) is 9.47 Å². The van der Waals surface area contributed by atoms with Gasteiger partial charge in [0, 0.05) is 18.2 Å². The van der Waals surface area contributed by atoms with Crippen LogP contribution in [0.3, 0.4) is 0 Å². The number of carbonyl (C=O) groups is 1. The summed E-state index contributed by atoms with van der Waals surface area (Å²) in [6.07, 6.45) is 0.351. The van der Waals surface area contributed by atoms with Crippen LogP contribution in [0.1, 0.15) is 41.8 Å². The number of hydrogen-bond acceptors (Lipinski definition) is 5. The number of fused-ring (bicyclic) bond motifs is 1. The monoisotopic (exact) mass is 341 g/mol. The predicted octanol–water partition coefficient (Wildman–Crippen LogP) is 4.23. The van der Waals surface area contributed by atoms with Crippen LogP contribution in [0.5, 0.6) is 11.5 Å². The summed E-state index contributed by atoms with van der Waals surface area (Å²) in [4.78, 5) is 22.6. The largest absolute Gasteiger partial charge is 0.489 e. The van der Waals surface area contributed by atoms with Gasteiger partial charge in [0.1, 0.15) is 23.7 Å². The third kappa shape index (κ3) is 3.63. The molecule has 0 saturated heterocycles. The van der Waals surface area contributed by atoms with Gasteiger partial charge in [-0.15, -0.1) is 0 Å². The maximum Gasteiger partial charge on any atom is 0.269 e. The van der Waals surface area contributed by atoms with Crippen molar-refractivity contribution in [1.82, 2.24) is 0 Å². The lowest BCUT2D eigenvalue weighted by molar-refractivity contribution is -0.384. The van der Waals surface area contributed by atoms with Crippen molar-refractivity contribution < 1.29 is 19.2 Å². The van der Waals surface area contributed by atoms with Crippen LogP contribution in [0.25, 0.3) is 0 Å². The number of non-ortho nitro benzene ring substituents is 1. The van der Waals surface area contributed by atoms with E-state index in [-0.39, 0.29) is 18.1 Å². The number of Topliss-reactive ketones (excluding diaryl/α,β-unsaturated/α-hetero) is 1. The van der Waals surface area contributed by atoms with Gasteiger partial charge in [0.05, 0.1) is 16.9 Å². The van der Waals surface area contributed by atoms with E-state index < -0.39 is 10.5 Å². The molecule has 0 aromatic heterocycles. The summed E-state index contributed by atoms with van der Waals surface area (Å²) in [5.74, 6) is 1.21. The number of ether oxygens (including phenoxy) is 2. The molecule has 0 aliphatic carbocycles. The van der Waals surface area contributed by atoms with E-state index in [1.54, 1.807) is 18.2 Å². The lowest BCUT2D eigenvalue weighted by atomic mass is 9.90. The van der Waals surface area contributed by atoms with Gasteiger partial charge in [0.25, 0.3) is 5.69 Å². The van der Waals surface area contributed by atoms with Gasteiger partial charge in [0.15, 0.2) is 5.78 Å². The Kier molecular flexibility index (Phi) is 4.20. The van der Waals surface area contributed by atoms with Crippen LogP contribution in [0.4, 0.5) is 5.69 Å². The maximum absolute atomic E-state index is 12.3. The van der Waals surface area contributed by atoms with Crippen LogP contribution in [-0.4, -0.2) is 16.3 Å². The van der Waals surface area contributed by atoms with E-state index >= 15 is 0 Å². The average Bonchev–Trinajstić information content (AvgIpc) is 2.51. The van der Waals surface area contributed by atoms with Crippen molar-refractivity contribution in [2.24, 2.45) is 0 Å². The zero-order valence-corrected chi connectivity index (χ0v) is 14.4. The Balaban J connectivity index is 1.79. The number of nitro benzene ring substituents is 1. The van der Waals surface area contributed by atoms with Gasteiger partial charge in [-0.2, -0.15) is 0 Å². The van der Waals surface area contributed by atoms with Crippen LogP contribution in [0, 0.1) is 17.0 Å². The fraction of sp³-hybridized carbons (Fsp3) is 0.316. The summed E-state index contributed by atoms with van der Waals surface area (Å²) in [5, 5.41) is 10.7. The van der Waals surface area contributed by atoms with E-state index in [9.17, 15) is 14.9 Å². The summed E-state index contributed by atoms with van der Waals surface area (Å²) in [6, 6.07) is 9.75. The molecule has 0 bridgehead atoms. The third-order valence-corrected chi connectivity index (χ3v) is 4.08. The minimum atomic E-state index is -0.534. The van der Waals surface area contributed by atoms with Crippen LogP contribution in [0.2, 0.25) is 0 Å². The molecule has 1 aliphatic heterocycles. The van der Waals surface area contributed by atoms with Crippen molar-refractivity contribution in [1.29, 1.82) is 0 Å². The van der Waals surface area contributed by atoms with Crippen LogP contribution >= 0.6 is 0 Å². The number of nitrogens with zero attached hydrogens (tertiary/aromatic N) is 1. The van der Waals surface area contributed by atoms with Crippen molar-refractivity contribution >= 4 is 11.5 Å². The van der Waals surface area contributed by atoms with Crippen molar-refractivity contribution in [3.63, 3.8) is 0 Å². The summed E-state index contributed by atoms with van der Waals surface area (Å²) in [5.41, 5.74) is 1.76. The van der Waals surface area contributed by atoms with Crippen molar-refractivity contribution in [2.45, 2.75) is 39.4 Å². The SMILES string of the molecule is Cc1cc(OCc2ccc([N+](=O)[O-])cc2)cc2c1C(=O)CC(C)(C)O2. The fourth-order valence-electron chi connectivity index (χ4n) is 2.93. The van der Waals surface area contributed by atoms with Gasteiger partial charge in [-0.05, 0) is 50.1 Å². The Hall–Kier alpha value is -2.89. The standard InChI is InChI=1S/C19H19NO5/c1-12-8-15(9-17-18(12)16(21)10-19(2,3)25-17)24-11-13-4-6-14(7-5-13)20(22)23/h4-9H,10-11H2,1-3H3. The number of rotatable bonds is 4. The third-order valence-electron chi connectivity index (χ3n) is 4.08. The van der Waals surface area contributed by atoms with Crippen molar-refractivity contribution in [3.05, 3.63) is 63.2 Å². The summed E-state index contributed by atoms with van der Waals surface area (Å²) >= 11 is 0. The van der Waals surface area contributed by atoms with Gasteiger partial charge in [-0.3, -0.25) is 14.9 Å². The smallest absolute Gasteiger partial charge is 0.269 e. The molecule has 0 N–H and O–H groups in total. The molecule has 130 valence electrons. The van der Waals surface area contributed by atoms with Gasteiger partial charge >= 0.3 is 0 Å². The molecule has 0 fully saturated rings. The summed E-state index contributed by atoms with van der Waals surface area (Å²) in [6.45, 7) is 5.89. The van der Waals surface area contributed by atoms with E-state index in [1.165, 1.54) is 12.1 Å². The molecule has 2 aromatic carbocycles. The first-order valence-electron chi connectivity index (χ1n) is 7.98. The number of aryl methyl sites for hydroxylation is 1. The predicted molar refractivity (Wildman–Crippen MR) is 92.3 cm³/mol. The molecule has 25 heavy (non-hydrogen) atoms. The first-order chi connectivity index (χ1) is 11.7. The normalized spacial score (nSPS) is 15.2. The molecule has 3 rings (SSSR count). The molecule has 0 amide bonds. The quantitative estimate of drug-likeness (QED) is 0.614.